The van der Waals surface area contributed by atoms with E-state index in [0.29, 0.717) is 23.7 Å². The summed E-state index contributed by atoms with van der Waals surface area (Å²) in [7, 11) is 0. The first-order chi connectivity index (χ1) is 12.6. The Morgan fingerprint density at radius 3 is 2.85 bits per heavy atom. The van der Waals surface area contributed by atoms with Gasteiger partial charge in [0.25, 0.3) is 0 Å². The molecule has 1 aliphatic heterocycles. The number of hydrogen-bond acceptors (Lipinski definition) is 9. The Hall–Kier alpha value is -3.98. The summed E-state index contributed by atoms with van der Waals surface area (Å²) in [5.74, 6) is 1.25. The molecule has 0 saturated carbocycles. The Kier molecular flexibility index (Phi) is 4.46. The predicted octanol–water partition coefficient (Wildman–Crippen LogP) is 1.46. The van der Waals surface area contributed by atoms with Crippen LogP contribution in [0.2, 0.25) is 0 Å². The van der Waals surface area contributed by atoms with Crippen molar-refractivity contribution in [2.75, 3.05) is 23.4 Å². The monoisotopic (exact) mass is 348 g/mol. The molecule has 9 nitrogen and oxygen atoms in total. The first-order valence-corrected chi connectivity index (χ1v) is 7.80. The summed E-state index contributed by atoms with van der Waals surface area (Å²) in [4.78, 5) is 8.71. The highest BCUT2D eigenvalue weighted by atomic mass is 16.5. The highest BCUT2D eigenvalue weighted by Gasteiger charge is 2.29. The van der Waals surface area contributed by atoms with Crippen molar-refractivity contribution in [3.63, 3.8) is 0 Å². The lowest BCUT2D eigenvalue weighted by Crippen LogP contribution is -2.32. The van der Waals surface area contributed by atoms with Crippen LogP contribution >= 0.6 is 0 Å². The van der Waals surface area contributed by atoms with Gasteiger partial charge in [-0.15, -0.1) is 0 Å². The number of hydrogen-bond donors (Lipinski definition) is 4. The van der Waals surface area contributed by atoms with E-state index in [9.17, 15) is 5.26 Å². The third-order valence-electron chi connectivity index (χ3n) is 3.84. The first-order valence-electron chi connectivity index (χ1n) is 7.80. The van der Waals surface area contributed by atoms with E-state index < -0.39 is 6.04 Å². The molecule has 0 aliphatic carbocycles. The molecule has 0 fully saturated rings. The van der Waals surface area contributed by atoms with Crippen LogP contribution in [0.15, 0.2) is 29.3 Å². The molecule has 6 N–H and O–H groups in total. The summed E-state index contributed by atoms with van der Waals surface area (Å²) in [6.45, 7) is 2.42. The van der Waals surface area contributed by atoms with Crippen LogP contribution in [-0.4, -0.2) is 17.6 Å². The highest BCUT2D eigenvalue weighted by molar-refractivity contribution is 5.98. The minimum absolute atomic E-state index is 0.0104. The van der Waals surface area contributed by atoms with Gasteiger partial charge in [-0.2, -0.15) is 10.5 Å². The lowest BCUT2D eigenvalue weighted by atomic mass is 9.95. The van der Waals surface area contributed by atoms with Gasteiger partial charge in [-0.05, 0) is 24.6 Å². The number of fused-ring (bicyclic) bond motifs is 1. The largest absolute Gasteiger partial charge is 0.494 e. The van der Waals surface area contributed by atoms with Gasteiger partial charge in [-0.25, -0.2) is 9.98 Å². The molecular weight excluding hydrogens is 332 g/mol. The molecule has 0 bridgehead atoms. The Balaban J connectivity index is 2.20. The van der Waals surface area contributed by atoms with Crippen molar-refractivity contribution in [1.29, 1.82) is 10.5 Å². The van der Waals surface area contributed by atoms with Gasteiger partial charge < -0.3 is 21.5 Å². The van der Waals surface area contributed by atoms with Crippen LogP contribution in [0.1, 0.15) is 29.7 Å². The minimum Gasteiger partial charge on any atom is -0.494 e. The van der Waals surface area contributed by atoms with Gasteiger partial charge >= 0.3 is 0 Å². The number of pyridine rings is 1. The zero-order valence-corrected chi connectivity index (χ0v) is 13.9. The number of aliphatic imine (C=N–C) groups is 1. The zero-order valence-electron chi connectivity index (χ0n) is 13.9. The van der Waals surface area contributed by atoms with Crippen LogP contribution in [0.25, 0.3) is 0 Å². The number of anilines is 3. The number of rotatable bonds is 3. The number of aromatic nitrogens is 1. The molecule has 26 heavy (non-hydrogen) atoms. The Bertz CT molecular complexity index is 970. The predicted molar refractivity (Wildman–Crippen MR) is 97.0 cm³/mol. The van der Waals surface area contributed by atoms with E-state index >= 15 is 0 Å². The molecule has 2 heterocycles. The number of guanidine groups is 1. The van der Waals surface area contributed by atoms with Gasteiger partial charge in [-0.1, -0.05) is 12.1 Å². The SMILES string of the molecule is CCOc1cccc(C2N=C(NC#N)Nc3nc(N)c(C#N)c(N)c32)c1. The van der Waals surface area contributed by atoms with E-state index in [1.54, 1.807) is 0 Å². The molecule has 1 unspecified atom stereocenters. The van der Waals surface area contributed by atoms with Gasteiger partial charge in [0.1, 0.15) is 35.1 Å². The van der Waals surface area contributed by atoms with Crippen LogP contribution < -0.4 is 26.8 Å². The summed E-state index contributed by atoms with van der Waals surface area (Å²) < 4.78 is 5.54. The second-order valence-electron chi connectivity index (χ2n) is 5.41. The van der Waals surface area contributed by atoms with Gasteiger partial charge in [-0.3, -0.25) is 5.32 Å². The van der Waals surface area contributed by atoms with Gasteiger partial charge in [0.05, 0.1) is 12.3 Å². The van der Waals surface area contributed by atoms with Crippen molar-refractivity contribution in [1.82, 2.24) is 10.3 Å². The summed E-state index contributed by atoms with van der Waals surface area (Å²) in [5, 5.41) is 23.6. The van der Waals surface area contributed by atoms with Gasteiger partial charge in [0.15, 0.2) is 6.19 Å². The normalized spacial score (nSPS) is 14.9. The molecular formula is C17H16N8O. The van der Waals surface area contributed by atoms with Gasteiger partial charge in [0, 0.05) is 5.56 Å². The molecule has 0 saturated heterocycles. The molecule has 1 atom stereocenters. The number of ether oxygens (including phenoxy) is 1. The lowest BCUT2D eigenvalue weighted by Gasteiger charge is -2.26. The number of nitrogens with zero attached hydrogens (tertiary/aromatic N) is 4. The molecule has 1 aromatic heterocycles. The highest BCUT2D eigenvalue weighted by Crippen LogP contribution is 2.40. The molecule has 3 rings (SSSR count). The second kappa shape index (κ2) is 6.87. The van der Waals surface area contributed by atoms with Gasteiger partial charge in [0.2, 0.25) is 5.96 Å². The fourth-order valence-electron chi connectivity index (χ4n) is 2.76. The van der Waals surface area contributed by atoms with E-state index in [1.165, 1.54) is 0 Å². The van der Waals surface area contributed by atoms with Crippen LogP contribution in [0.4, 0.5) is 17.3 Å². The average molecular weight is 348 g/mol. The standard InChI is InChI=1S/C17H16N8O/c1-2-26-10-5-3-4-9(6-10)14-12-13(20)11(7-18)15(21)24-16(12)25-17(23-14)22-8-19/h3-6,14H,2H2,1H3,(H6,20,21,22,23,24,25). The van der Waals surface area contributed by atoms with Crippen molar-refractivity contribution in [2.24, 2.45) is 4.99 Å². The Labute approximate surface area is 149 Å². The van der Waals surface area contributed by atoms with E-state index in [2.05, 4.69) is 20.6 Å². The lowest BCUT2D eigenvalue weighted by molar-refractivity contribution is 0.340. The molecule has 0 spiro atoms. The van der Waals surface area contributed by atoms with E-state index in [1.807, 2.05) is 43.5 Å². The van der Waals surface area contributed by atoms with Crippen LogP contribution in [0, 0.1) is 22.8 Å². The molecule has 130 valence electrons. The first kappa shape index (κ1) is 16.9. The van der Waals surface area contributed by atoms with E-state index in [-0.39, 0.29) is 23.0 Å². The van der Waals surface area contributed by atoms with Crippen molar-refractivity contribution in [2.45, 2.75) is 13.0 Å². The summed E-state index contributed by atoms with van der Waals surface area (Å²) >= 11 is 0. The fraction of sp³-hybridized carbons (Fsp3) is 0.176. The maximum absolute atomic E-state index is 9.33. The third kappa shape index (κ3) is 2.89. The third-order valence-corrected chi connectivity index (χ3v) is 3.84. The van der Waals surface area contributed by atoms with Crippen LogP contribution in [0.5, 0.6) is 5.75 Å². The smallest absolute Gasteiger partial charge is 0.211 e. The molecule has 2 aromatic rings. The van der Waals surface area contributed by atoms with Crippen molar-refractivity contribution in [3.8, 4) is 18.0 Å². The number of nitrogen functional groups attached to an aromatic ring is 2. The van der Waals surface area contributed by atoms with Crippen molar-refractivity contribution < 1.29 is 4.74 Å². The zero-order chi connectivity index (χ0) is 18.7. The average Bonchev–Trinajstić information content (AvgIpc) is 2.62. The maximum atomic E-state index is 9.33. The minimum atomic E-state index is -0.581. The van der Waals surface area contributed by atoms with E-state index in [4.69, 9.17) is 21.5 Å². The maximum Gasteiger partial charge on any atom is 0.211 e. The topological polar surface area (TPSA) is 158 Å². The Morgan fingerprint density at radius 1 is 1.35 bits per heavy atom. The molecule has 1 aliphatic rings. The quantitative estimate of drug-likeness (QED) is 0.479. The number of nitrogens with two attached hydrogens (primary N) is 2. The number of nitriles is 2. The second-order valence-corrected chi connectivity index (χ2v) is 5.41. The molecule has 1 aromatic carbocycles. The van der Waals surface area contributed by atoms with Crippen LogP contribution in [0.3, 0.4) is 0 Å². The van der Waals surface area contributed by atoms with E-state index in [0.717, 1.165) is 5.56 Å². The molecule has 9 heteroatoms. The fourth-order valence-corrected chi connectivity index (χ4v) is 2.76. The van der Waals surface area contributed by atoms with Crippen LogP contribution in [-0.2, 0) is 0 Å². The summed E-state index contributed by atoms with van der Waals surface area (Å²) in [5.41, 5.74) is 13.6. The number of benzene rings is 1. The van der Waals surface area contributed by atoms with Crippen molar-refractivity contribution in [3.05, 3.63) is 41.0 Å². The molecule has 0 amide bonds. The number of nitrogens with one attached hydrogen (secondary N) is 2. The summed E-state index contributed by atoms with van der Waals surface area (Å²) in [6, 6.07) is 8.75. The van der Waals surface area contributed by atoms with Crippen molar-refractivity contribution >= 4 is 23.3 Å². The molecule has 0 radical (unpaired) electrons. The summed E-state index contributed by atoms with van der Waals surface area (Å²) in [6.07, 6.45) is 1.81. The Morgan fingerprint density at radius 2 is 2.15 bits per heavy atom.